The molecule has 0 saturated heterocycles. The van der Waals surface area contributed by atoms with E-state index < -0.39 is 0 Å². The third-order valence-electron chi connectivity index (χ3n) is 5.30. The van der Waals surface area contributed by atoms with E-state index in [0.29, 0.717) is 0 Å². The molecule has 0 amide bonds. The van der Waals surface area contributed by atoms with Crippen LogP contribution < -0.4 is 33.4 Å². The first-order valence-electron chi connectivity index (χ1n) is 9.33. The predicted octanol–water partition coefficient (Wildman–Crippen LogP) is 2.03. The Labute approximate surface area is 184 Å². The summed E-state index contributed by atoms with van der Waals surface area (Å²) in [7, 11) is 1.74. The second-order valence-electron chi connectivity index (χ2n) is 7.04. The van der Waals surface area contributed by atoms with Crippen molar-refractivity contribution in [1.29, 1.82) is 0 Å². The maximum Gasteiger partial charge on any atom is 0.266 e. The quantitative estimate of drug-likeness (QED) is 0.360. The van der Waals surface area contributed by atoms with Gasteiger partial charge in [-0.1, -0.05) is 28.6 Å². The van der Waals surface area contributed by atoms with Gasteiger partial charge in [0.1, 0.15) is 11.4 Å². The van der Waals surface area contributed by atoms with E-state index in [-0.39, 0.29) is 24.0 Å². The van der Waals surface area contributed by atoms with Gasteiger partial charge in [0.05, 0.1) is 7.11 Å². The topological polar surface area (TPSA) is 26.0 Å². The highest BCUT2D eigenvalue weighted by Gasteiger charge is 2.22. The summed E-state index contributed by atoms with van der Waals surface area (Å²) in [6.45, 7) is 7.26. The molecule has 0 spiro atoms. The molecule has 1 heterocycles. The summed E-state index contributed by atoms with van der Waals surface area (Å²) in [5.41, 5.74) is 7.63. The molecule has 27 heavy (non-hydrogen) atoms. The lowest BCUT2D eigenvalue weighted by molar-refractivity contribution is -0.780. The molecule has 0 bridgehead atoms. The van der Waals surface area contributed by atoms with Gasteiger partial charge >= 0.3 is 0 Å². The number of rotatable bonds is 5. The zero-order chi connectivity index (χ0) is 18.7. The van der Waals surface area contributed by atoms with E-state index in [1.807, 2.05) is 0 Å². The molecule has 2 aromatic rings. The van der Waals surface area contributed by atoms with Gasteiger partial charge in [-0.2, -0.15) is 0 Å². The lowest BCUT2D eigenvalue weighted by Crippen LogP contribution is -3.00. The Balaban J connectivity index is 0.00000261. The lowest BCUT2D eigenvalue weighted by atomic mass is 9.95. The van der Waals surface area contributed by atoms with Gasteiger partial charge in [-0.25, -0.2) is 0 Å². The van der Waals surface area contributed by atoms with Gasteiger partial charge in [-0.3, -0.25) is 0 Å². The molecule has 0 saturated carbocycles. The number of hydrogen-bond acceptors (Lipinski definition) is 3. The SMILES string of the molecule is COc1ccc(C)c(C[n+]2nc(C3=CCCCC3)c(C)cc2SC)c1C.[I-]. The van der Waals surface area contributed by atoms with Crippen molar-refractivity contribution in [3.63, 3.8) is 0 Å². The Morgan fingerprint density at radius 1 is 1.15 bits per heavy atom. The van der Waals surface area contributed by atoms with Crippen molar-refractivity contribution in [2.75, 3.05) is 13.4 Å². The van der Waals surface area contributed by atoms with Crippen LogP contribution in [0.2, 0.25) is 0 Å². The van der Waals surface area contributed by atoms with Crippen molar-refractivity contribution in [2.45, 2.75) is 58.0 Å². The monoisotopic (exact) mass is 496 g/mol. The molecule has 0 aliphatic heterocycles. The maximum absolute atomic E-state index is 5.53. The van der Waals surface area contributed by atoms with Crippen LogP contribution in [-0.4, -0.2) is 18.5 Å². The first-order valence-corrected chi connectivity index (χ1v) is 10.6. The third-order valence-corrected chi connectivity index (χ3v) is 6.05. The van der Waals surface area contributed by atoms with Crippen LogP contribution in [-0.2, 0) is 6.54 Å². The average Bonchev–Trinajstić information content (AvgIpc) is 2.66. The standard InChI is InChI=1S/C22H29N2OS.HI/c1-15-11-12-20(25-4)17(3)19(15)14-24-21(26-5)13-16(2)22(23-24)18-9-7-6-8-10-18;/h9,11-13H,6-8,10,14H2,1-5H3;1H/q+1;/p-1. The second kappa shape index (κ2) is 9.92. The van der Waals surface area contributed by atoms with Crippen LogP contribution in [0, 0.1) is 20.8 Å². The fourth-order valence-corrected chi connectivity index (χ4v) is 4.32. The third kappa shape index (κ3) is 4.86. The fraction of sp³-hybridized carbons (Fsp3) is 0.455. The Morgan fingerprint density at radius 3 is 2.56 bits per heavy atom. The highest BCUT2D eigenvalue weighted by molar-refractivity contribution is 7.98. The summed E-state index contributed by atoms with van der Waals surface area (Å²) in [5, 5.41) is 6.28. The fourth-order valence-electron chi connectivity index (χ4n) is 3.71. The van der Waals surface area contributed by atoms with Crippen molar-refractivity contribution in [3.05, 3.63) is 52.2 Å². The van der Waals surface area contributed by atoms with Gasteiger partial charge in [-0.05, 0) is 75.5 Å². The van der Waals surface area contributed by atoms with Crippen LogP contribution in [0.1, 0.15) is 53.6 Å². The van der Waals surface area contributed by atoms with Gasteiger partial charge in [0.25, 0.3) is 5.03 Å². The molecule has 0 unspecified atom stereocenters. The highest BCUT2D eigenvalue weighted by atomic mass is 127. The van der Waals surface area contributed by atoms with E-state index in [1.54, 1.807) is 18.9 Å². The van der Waals surface area contributed by atoms with E-state index >= 15 is 0 Å². The number of ether oxygens (including phenoxy) is 1. The van der Waals surface area contributed by atoms with Crippen molar-refractivity contribution in [3.8, 4) is 5.75 Å². The number of benzene rings is 1. The number of halogens is 1. The maximum atomic E-state index is 5.53. The van der Waals surface area contributed by atoms with E-state index in [1.165, 1.54) is 57.8 Å². The molecule has 146 valence electrons. The average molecular weight is 496 g/mol. The van der Waals surface area contributed by atoms with Gasteiger partial charge in [0.2, 0.25) is 6.54 Å². The van der Waals surface area contributed by atoms with Crippen molar-refractivity contribution in [1.82, 2.24) is 5.10 Å². The van der Waals surface area contributed by atoms with Gasteiger partial charge < -0.3 is 28.7 Å². The van der Waals surface area contributed by atoms with Crippen LogP contribution in [0.5, 0.6) is 5.75 Å². The van der Waals surface area contributed by atoms with Crippen LogP contribution in [0.3, 0.4) is 0 Å². The van der Waals surface area contributed by atoms with Gasteiger partial charge in [0.15, 0.2) is 0 Å². The molecule has 0 atom stereocenters. The van der Waals surface area contributed by atoms with E-state index in [2.05, 4.69) is 56.0 Å². The van der Waals surface area contributed by atoms with Crippen molar-refractivity contribution in [2.24, 2.45) is 0 Å². The minimum Gasteiger partial charge on any atom is -1.00 e. The molecule has 1 aliphatic rings. The highest BCUT2D eigenvalue weighted by Crippen LogP contribution is 2.29. The van der Waals surface area contributed by atoms with Crippen molar-refractivity contribution < 1.29 is 33.4 Å². The molecular weight excluding hydrogens is 467 g/mol. The zero-order valence-electron chi connectivity index (χ0n) is 16.9. The Morgan fingerprint density at radius 2 is 1.93 bits per heavy atom. The smallest absolute Gasteiger partial charge is 0.266 e. The number of allylic oxidation sites excluding steroid dienone is 2. The first-order chi connectivity index (χ1) is 12.5. The molecule has 0 fully saturated rings. The molecular formula is C22H29IN2OS. The molecule has 0 radical (unpaired) electrons. The summed E-state index contributed by atoms with van der Waals surface area (Å²) in [6, 6.07) is 6.47. The van der Waals surface area contributed by atoms with Gasteiger partial charge in [-0.15, -0.1) is 0 Å². The summed E-state index contributed by atoms with van der Waals surface area (Å²) in [6.07, 6.45) is 9.39. The van der Waals surface area contributed by atoms with Crippen molar-refractivity contribution >= 4 is 17.3 Å². The summed E-state index contributed by atoms with van der Waals surface area (Å²) < 4.78 is 7.69. The van der Waals surface area contributed by atoms with E-state index in [9.17, 15) is 0 Å². The summed E-state index contributed by atoms with van der Waals surface area (Å²) >= 11 is 1.76. The molecule has 0 N–H and O–H groups in total. The lowest BCUT2D eigenvalue weighted by Gasteiger charge is -2.15. The van der Waals surface area contributed by atoms with Crippen LogP contribution in [0.4, 0.5) is 0 Å². The molecule has 1 aromatic carbocycles. The molecule has 1 aromatic heterocycles. The van der Waals surface area contributed by atoms with E-state index in [4.69, 9.17) is 9.84 Å². The molecule has 3 rings (SSSR count). The second-order valence-corrected chi connectivity index (χ2v) is 7.87. The number of aryl methyl sites for hydroxylation is 2. The number of thioether (sulfide) groups is 1. The Kier molecular flexibility index (Phi) is 8.16. The minimum absolute atomic E-state index is 0. The minimum atomic E-state index is 0. The van der Waals surface area contributed by atoms with E-state index in [0.717, 1.165) is 18.7 Å². The normalized spacial score (nSPS) is 13.7. The Bertz CT molecular complexity index is 849. The summed E-state index contributed by atoms with van der Waals surface area (Å²) in [5.74, 6) is 0.944. The van der Waals surface area contributed by atoms with Crippen LogP contribution in [0.25, 0.3) is 5.57 Å². The predicted molar refractivity (Wildman–Crippen MR) is 109 cm³/mol. The molecule has 5 heteroatoms. The van der Waals surface area contributed by atoms with Crippen LogP contribution in [0.15, 0.2) is 29.3 Å². The van der Waals surface area contributed by atoms with Crippen LogP contribution >= 0.6 is 11.8 Å². The molecule has 1 aliphatic carbocycles. The first kappa shape index (κ1) is 22.2. The largest absolute Gasteiger partial charge is 1.00 e. The number of aromatic nitrogens is 2. The number of methoxy groups -OCH3 is 1. The number of nitrogens with zero attached hydrogens (tertiary/aromatic N) is 2. The molecule has 3 nitrogen and oxygen atoms in total. The summed E-state index contributed by atoms with van der Waals surface area (Å²) in [4.78, 5) is 0. The Hall–Kier alpha value is -1.08. The zero-order valence-corrected chi connectivity index (χ0v) is 19.9. The van der Waals surface area contributed by atoms with Gasteiger partial charge in [0, 0.05) is 22.3 Å². The number of hydrogen-bond donors (Lipinski definition) is 0.